The summed E-state index contributed by atoms with van der Waals surface area (Å²) < 4.78 is 26.1. The SMILES string of the molecule is C[C@@](O)(C(=O)NN)c1cccc(F)c1F. The van der Waals surface area contributed by atoms with E-state index in [9.17, 15) is 18.7 Å². The number of carbonyl (C=O) groups excluding carboxylic acids is 1. The van der Waals surface area contributed by atoms with Gasteiger partial charge < -0.3 is 5.11 Å². The molecule has 0 aliphatic rings. The normalized spacial score (nSPS) is 14.5. The monoisotopic (exact) mass is 216 g/mol. The van der Waals surface area contributed by atoms with Gasteiger partial charge in [0.05, 0.1) is 0 Å². The number of rotatable bonds is 2. The van der Waals surface area contributed by atoms with Gasteiger partial charge in [0.15, 0.2) is 17.2 Å². The summed E-state index contributed by atoms with van der Waals surface area (Å²) in [6, 6.07) is 3.18. The third kappa shape index (κ3) is 1.95. The van der Waals surface area contributed by atoms with Crippen LogP contribution in [-0.2, 0) is 10.4 Å². The maximum absolute atomic E-state index is 13.2. The van der Waals surface area contributed by atoms with Gasteiger partial charge in [0.25, 0.3) is 5.91 Å². The van der Waals surface area contributed by atoms with Gasteiger partial charge in [0.2, 0.25) is 0 Å². The van der Waals surface area contributed by atoms with Crippen LogP contribution < -0.4 is 11.3 Å². The van der Waals surface area contributed by atoms with Crippen LogP contribution in [0.3, 0.4) is 0 Å². The molecule has 0 heterocycles. The molecule has 0 aliphatic heterocycles. The minimum atomic E-state index is -2.21. The summed E-state index contributed by atoms with van der Waals surface area (Å²) in [5.41, 5.74) is -1.00. The smallest absolute Gasteiger partial charge is 0.270 e. The fourth-order valence-corrected chi connectivity index (χ4v) is 1.14. The summed E-state index contributed by atoms with van der Waals surface area (Å²) in [6.45, 7) is 1.02. The number of aliphatic hydroxyl groups is 1. The van der Waals surface area contributed by atoms with Gasteiger partial charge in [0, 0.05) is 5.56 Å². The van der Waals surface area contributed by atoms with Crippen molar-refractivity contribution in [2.75, 3.05) is 0 Å². The van der Waals surface area contributed by atoms with E-state index < -0.39 is 28.7 Å². The molecule has 0 fully saturated rings. The molecule has 15 heavy (non-hydrogen) atoms. The Hall–Kier alpha value is -1.53. The molecule has 1 amide bonds. The molecule has 0 bridgehead atoms. The van der Waals surface area contributed by atoms with Crippen LogP contribution in [0.1, 0.15) is 12.5 Å². The molecule has 0 saturated carbocycles. The van der Waals surface area contributed by atoms with Crippen molar-refractivity contribution in [2.24, 2.45) is 5.84 Å². The molecule has 0 aromatic heterocycles. The fraction of sp³-hybridized carbons (Fsp3) is 0.222. The first-order valence-corrected chi connectivity index (χ1v) is 4.09. The average molecular weight is 216 g/mol. The highest BCUT2D eigenvalue weighted by Crippen LogP contribution is 2.24. The Balaban J connectivity index is 3.27. The minimum Gasteiger partial charge on any atom is -0.375 e. The van der Waals surface area contributed by atoms with Crippen molar-refractivity contribution in [1.29, 1.82) is 0 Å². The van der Waals surface area contributed by atoms with Crippen LogP contribution in [0.25, 0.3) is 0 Å². The van der Waals surface area contributed by atoms with E-state index in [-0.39, 0.29) is 0 Å². The summed E-state index contributed by atoms with van der Waals surface area (Å²) in [5, 5.41) is 9.66. The molecule has 0 radical (unpaired) electrons. The summed E-state index contributed by atoms with van der Waals surface area (Å²) in [7, 11) is 0. The fourth-order valence-electron chi connectivity index (χ4n) is 1.14. The molecular weight excluding hydrogens is 206 g/mol. The molecule has 82 valence electrons. The molecule has 6 heteroatoms. The zero-order chi connectivity index (χ0) is 11.6. The van der Waals surface area contributed by atoms with Crippen molar-refractivity contribution in [1.82, 2.24) is 5.43 Å². The van der Waals surface area contributed by atoms with Crippen LogP contribution in [-0.4, -0.2) is 11.0 Å². The van der Waals surface area contributed by atoms with Gasteiger partial charge in [-0.3, -0.25) is 10.2 Å². The highest BCUT2D eigenvalue weighted by atomic mass is 19.2. The number of hydrogen-bond donors (Lipinski definition) is 3. The Kier molecular flexibility index (Phi) is 3.01. The quantitative estimate of drug-likeness (QED) is 0.374. The molecule has 0 saturated heterocycles. The molecule has 4 N–H and O–H groups in total. The molecule has 1 aromatic rings. The zero-order valence-corrected chi connectivity index (χ0v) is 7.92. The maximum Gasteiger partial charge on any atom is 0.270 e. The van der Waals surface area contributed by atoms with Crippen molar-refractivity contribution < 1.29 is 18.7 Å². The number of amides is 1. The number of carbonyl (C=O) groups is 1. The van der Waals surface area contributed by atoms with E-state index >= 15 is 0 Å². The molecule has 0 unspecified atom stereocenters. The third-order valence-electron chi connectivity index (χ3n) is 2.05. The summed E-state index contributed by atoms with van der Waals surface area (Å²) >= 11 is 0. The maximum atomic E-state index is 13.2. The second-order valence-corrected chi connectivity index (χ2v) is 3.15. The van der Waals surface area contributed by atoms with Crippen LogP contribution in [0.4, 0.5) is 8.78 Å². The van der Waals surface area contributed by atoms with E-state index in [1.165, 1.54) is 6.07 Å². The van der Waals surface area contributed by atoms with Crippen LogP contribution in [0, 0.1) is 11.6 Å². The molecule has 0 aliphatic carbocycles. The van der Waals surface area contributed by atoms with E-state index in [1.54, 1.807) is 5.43 Å². The zero-order valence-electron chi connectivity index (χ0n) is 7.92. The third-order valence-corrected chi connectivity index (χ3v) is 2.05. The Morgan fingerprint density at radius 1 is 1.53 bits per heavy atom. The topological polar surface area (TPSA) is 75.3 Å². The molecule has 1 aromatic carbocycles. The van der Waals surface area contributed by atoms with Crippen LogP contribution >= 0.6 is 0 Å². The first-order valence-electron chi connectivity index (χ1n) is 4.09. The Morgan fingerprint density at radius 3 is 2.67 bits per heavy atom. The molecule has 4 nitrogen and oxygen atoms in total. The lowest BCUT2D eigenvalue weighted by molar-refractivity contribution is -0.139. The first-order chi connectivity index (χ1) is 6.91. The van der Waals surface area contributed by atoms with Crippen molar-refractivity contribution >= 4 is 5.91 Å². The Morgan fingerprint density at radius 2 is 2.13 bits per heavy atom. The van der Waals surface area contributed by atoms with Gasteiger partial charge in [-0.2, -0.15) is 0 Å². The Labute approximate surface area is 84.7 Å². The van der Waals surface area contributed by atoms with E-state index in [1.807, 2.05) is 0 Å². The first kappa shape index (κ1) is 11.5. The predicted molar refractivity (Wildman–Crippen MR) is 48.3 cm³/mol. The van der Waals surface area contributed by atoms with Gasteiger partial charge in [-0.05, 0) is 13.0 Å². The van der Waals surface area contributed by atoms with E-state index in [0.29, 0.717) is 0 Å². The summed E-state index contributed by atoms with van der Waals surface area (Å²) in [6.07, 6.45) is 0. The minimum absolute atomic E-state index is 0.467. The van der Waals surface area contributed by atoms with E-state index in [4.69, 9.17) is 5.84 Å². The van der Waals surface area contributed by atoms with Gasteiger partial charge in [-0.1, -0.05) is 12.1 Å². The molecular formula is C9H10F2N2O2. The predicted octanol–water partition coefficient (Wildman–Crippen LogP) is 0.162. The number of halogens is 2. The van der Waals surface area contributed by atoms with Crippen LogP contribution in [0.15, 0.2) is 18.2 Å². The van der Waals surface area contributed by atoms with Crippen molar-refractivity contribution in [2.45, 2.75) is 12.5 Å². The van der Waals surface area contributed by atoms with E-state index in [2.05, 4.69) is 0 Å². The van der Waals surface area contributed by atoms with Crippen LogP contribution in [0.2, 0.25) is 0 Å². The lowest BCUT2D eigenvalue weighted by Gasteiger charge is -2.21. The average Bonchev–Trinajstić information content (AvgIpc) is 2.20. The Bertz CT molecular complexity index is 394. The van der Waals surface area contributed by atoms with Gasteiger partial charge in [-0.15, -0.1) is 0 Å². The van der Waals surface area contributed by atoms with Gasteiger partial charge >= 0.3 is 0 Å². The van der Waals surface area contributed by atoms with Crippen molar-refractivity contribution in [3.63, 3.8) is 0 Å². The molecule has 1 atom stereocenters. The van der Waals surface area contributed by atoms with Gasteiger partial charge in [0.1, 0.15) is 0 Å². The second-order valence-electron chi connectivity index (χ2n) is 3.15. The lowest BCUT2D eigenvalue weighted by Crippen LogP contribution is -2.46. The summed E-state index contributed by atoms with van der Waals surface area (Å²) in [4.78, 5) is 11.1. The second kappa shape index (κ2) is 3.92. The number of nitrogens with one attached hydrogen (secondary N) is 1. The van der Waals surface area contributed by atoms with Crippen molar-refractivity contribution in [3.8, 4) is 0 Å². The van der Waals surface area contributed by atoms with E-state index in [0.717, 1.165) is 19.1 Å². The number of hydrazine groups is 1. The molecule has 1 rings (SSSR count). The van der Waals surface area contributed by atoms with Crippen molar-refractivity contribution in [3.05, 3.63) is 35.4 Å². The van der Waals surface area contributed by atoms with Gasteiger partial charge in [-0.25, -0.2) is 14.6 Å². The summed E-state index contributed by atoms with van der Waals surface area (Å²) in [5.74, 6) is 1.37. The number of hydrogen-bond acceptors (Lipinski definition) is 3. The van der Waals surface area contributed by atoms with Crippen LogP contribution in [0.5, 0.6) is 0 Å². The number of benzene rings is 1. The highest BCUT2D eigenvalue weighted by molar-refractivity contribution is 5.85. The number of nitrogens with two attached hydrogens (primary N) is 1. The standard InChI is InChI=1S/C9H10F2N2O2/c1-9(15,8(14)13-12)5-3-2-4-6(10)7(5)11/h2-4,15H,12H2,1H3,(H,13,14)/t9-/m0/s1. The molecule has 0 spiro atoms. The highest BCUT2D eigenvalue weighted by Gasteiger charge is 2.35. The lowest BCUT2D eigenvalue weighted by atomic mass is 9.94. The largest absolute Gasteiger partial charge is 0.375 e.